The van der Waals surface area contributed by atoms with E-state index in [-0.39, 0.29) is 6.04 Å². The maximum Gasteiger partial charge on any atom is 0.137 e. The number of methoxy groups -OCH3 is 1. The SMILES string of the molecule is COc1c(Br)cc(Cl)cc1C(N)CC1CCC1. The summed E-state index contributed by atoms with van der Waals surface area (Å²) in [5.74, 6) is 1.58. The lowest BCUT2D eigenvalue weighted by Crippen LogP contribution is -2.20. The van der Waals surface area contributed by atoms with Crippen molar-refractivity contribution >= 4 is 27.5 Å². The molecule has 0 amide bonds. The first-order valence-corrected chi connectivity index (χ1v) is 7.07. The van der Waals surface area contributed by atoms with Gasteiger partial charge in [0.05, 0.1) is 11.6 Å². The van der Waals surface area contributed by atoms with Crippen LogP contribution in [0.15, 0.2) is 16.6 Å². The van der Waals surface area contributed by atoms with E-state index in [0.29, 0.717) is 5.02 Å². The normalized spacial score (nSPS) is 17.6. The van der Waals surface area contributed by atoms with E-state index in [2.05, 4.69) is 15.9 Å². The van der Waals surface area contributed by atoms with E-state index in [1.807, 2.05) is 12.1 Å². The number of ether oxygens (including phenoxy) is 1. The van der Waals surface area contributed by atoms with Gasteiger partial charge in [-0.2, -0.15) is 0 Å². The average Bonchev–Trinajstić information content (AvgIpc) is 2.22. The lowest BCUT2D eigenvalue weighted by molar-refractivity contribution is 0.275. The van der Waals surface area contributed by atoms with Crippen molar-refractivity contribution in [1.29, 1.82) is 0 Å². The second-order valence-corrected chi connectivity index (χ2v) is 5.94. The molecule has 1 saturated carbocycles. The van der Waals surface area contributed by atoms with Crippen molar-refractivity contribution in [2.75, 3.05) is 7.11 Å². The first kappa shape index (κ1) is 13.2. The van der Waals surface area contributed by atoms with E-state index < -0.39 is 0 Å². The minimum atomic E-state index is 0.00486. The summed E-state index contributed by atoms with van der Waals surface area (Å²) >= 11 is 9.53. The van der Waals surface area contributed by atoms with Gasteiger partial charge in [0.1, 0.15) is 5.75 Å². The highest BCUT2D eigenvalue weighted by molar-refractivity contribution is 9.10. The largest absolute Gasteiger partial charge is 0.495 e. The molecule has 0 spiro atoms. The third-order valence-corrected chi connectivity index (χ3v) is 4.26. The lowest BCUT2D eigenvalue weighted by Gasteiger charge is -2.29. The molecule has 0 aliphatic heterocycles. The standard InChI is InChI=1S/C13H17BrClNO/c1-17-13-10(6-9(15)7-11(13)14)12(16)5-8-3-2-4-8/h6-8,12H,2-5,16H2,1H3. The molecule has 1 aliphatic carbocycles. The van der Waals surface area contributed by atoms with Gasteiger partial charge in [0.2, 0.25) is 0 Å². The molecule has 0 radical (unpaired) electrons. The van der Waals surface area contributed by atoms with Gasteiger partial charge in [-0.1, -0.05) is 30.9 Å². The summed E-state index contributed by atoms with van der Waals surface area (Å²) in [5.41, 5.74) is 7.26. The van der Waals surface area contributed by atoms with Gasteiger partial charge in [-0.3, -0.25) is 0 Å². The van der Waals surface area contributed by atoms with Gasteiger partial charge in [0.25, 0.3) is 0 Å². The molecule has 1 fully saturated rings. The van der Waals surface area contributed by atoms with Crippen LogP contribution in [0.2, 0.25) is 5.02 Å². The summed E-state index contributed by atoms with van der Waals surface area (Å²) in [4.78, 5) is 0. The smallest absolute Gasteiger partial charge is 0.137 e. The highest BCUT2D eigenvalue weighted by Crippen LogP contribution is 2.40. The summed E-state index contributed by atoms with van der Waals surface area (Å²) in [5, 5.41) is 0.691. The molecule has 2 nitrogen and oxygen atoms in total. The highest BCUT2D eigenvalue weighted by atomic mass is 79.9. The van der Waals surface area contributed by atoms with Gasteiger partial charge in [-0.25, -0.2) is 0 Å². The Hall–Kier alpha value is -0.250. The molecular formula is C13H17BrClNO. The van der Waals surface area contributed by atoms with Crippen LogP contribution in [0.5, 0.6) is 5.75 Å². The van der Waals surface area contributed by atoms with Crippen molar-refractivity contribution < 1.29 is 4.74 Å². The Morgan fingerprint density at radius 2 is 2.24 bits per heavy atom. The molecule has 0 saturated heterocycles. The fourth-order valence-electron chi connectivity index (χ4n) is 2.29. The molecule has 0 aromatic heterocycles. The number of benzene rings is 1. The Morgan fingerprint density at radius 3 is 2.76 bits per heavy atom. The monoisotopic (exact) mass is 317 g/mol. The second kappa shape index (κ2) is 5.59. The maximum atomic E-state index is 6.26. The van der Waals surface area contributed by atoms with Crippen LogP contribution in [0.1, 0.15) is 37.3 Å². The Bertz CT molecular complexity index is 407. The molecule has 1 atom stereocenters. The molecule has 94 valence electrons. The van der Waals surface area contributed by atoms with Crippen molar-refractivity contribution in [1.82, 2.24) is 0 Å². The Kier molecular flexibility index (Phi) is 4.34. The minimum absolute atomic E-state index is 0.00486. The predicted octanol–water partition coefficient (Wildman–Crippen LogP) is 4.30. The zero-order valence-electron chi connectivity index (χ0n) is 9.88. The maximum absolute atomic E-state index is 6.26. The topological polar surface area (TPSA) is 35.2 Å². The van der Waals surface area contributed by atoms with Gasteiger partial charge in [-0.15, -0.1) is 0 Å². The molecule has 1 aromatic rings. The molecule has 1 unspecified atom stereocenters. The van der Waals surface area contributed by atoms with Crippen molar-refractivity contribution in [3.05, 3.63) is 27.2 Å². The van der Waals surface area contributed by atoms with E-state index >= 15 is 0 Å². The molecule has 0 bridgehead atoms. The van der Waals surface area contributed by atoms with Crippen molar-refractivity contribution in [3.63, 3.8) is 0 Å². The van der Waals surface area contributed by atoms with Gasteiger partial charge in [0.15, 0.2) is 0 Å². The number of halogens is 2. The molecule has 0 heterocycles. The van der Waals surface area contributed by atoms with E-state index in [9.17, 15) is 0 Å². The molecule has 17 heavy (non-hydrogen) atoms. The van der Waals surface area contributed by atoms with Gasteiger partial charge < -0.3 is 10.5 Å². The second-order valence-electron chi connectivity index (χ2n) is 4.65. The minimum Gasteiger partial charge on any atom is -0.495 e. The van der Waals surface area contributed by atoms with Gasteiger partial charge in [-0.05, 0) is 40.4 Å². The number of rotatable bonds is 4. The molecule has 1 aliphatic rings. The summed E-state index contributed by atoms with van der Waals surface area (Å²) < 4.78 is 6.27. The quantitative estimate of drug-likeness (QED) is 0.898. The Morgan fingerprint density at radius 1 is 1.53 bits per heavy atom. The Balaban J connectivity index is 2.22. The first-order valence-electron chi connectivity index (χ1n) is 5.90. The Labute approximate surface area is 116 Å². The van der Waals surface area contributed by atoms with Crippen LogP contribution >= 0.6 is 27.5 Å². The highest BCUT2D eigenvalue weighted by Gasteiger charge is 2.23. The van der Waals surface area contributed by atoms with Crippen molar-refractivity contribution in [3.8, 4) is 5.75 Å². The van der Waals surface area contributed by atoms with Crippen LogP contribution < -0.4 is 10.5 Å². The predicted molar refractivity (Wildman–Crippen MR) is 74.6 cm³/mol. The van der Waals surface area contributed by atoms with E-state index in [4.69, 9.17) is 22.1 Å². The summed E-state index contributed by atoms with van der Waals surface area (Å²) in [7, 11) is 1.66. The average molecular weight is 319 g/mol. The van der Waals surface area contributed by atoms with Crippen LogP contribution in [-0.2, 0) is 0 Å². The van der Waals surface area contributed by atoms with Crippen LogP contribution in [0.4, 0.5) is 0 Å². The number of nitrogens with two attached hydrogens (primary N) is 1. The summed E-state index contributed by atoms with van der Waals surface area (Å²) in [6, 6.07) is 3.75. The van der Waals surface area contributed by atoms with Crippen molar-refractivity contribution in [2.24, 2.45) is 11.7 Å². The number of hydrogen-bond donors (Lipinski definition) is 1. The van der Waals surface area contributed by atoms with Gasteiger partial charge >= 0.3 is 0 Å². The zero-order valence-corrected chi connectivity index (χ0v) is 12.2. The fourth-order valence-corrected chi connectivity index (χ4v) is 3.28. The van der Waals surface area contributed by atoms with E-state index in [1.165, 1.54) is 19.3 Å². The van der Waals surface area contributed by atoms with Gasteiger partial charge in [0, 0.05) is 16.6 Å². The molecule has 1 aromatic carbocycles. The van der Waals surface area contributed by atoms with E-state index in [0.717, 1.165) is 28.1 Å². The molecule has 4 heteroatoms. The summed E-state index contributed by atoms with van der Waals surface area (Å²) in [6.07, 6.45) is 4.96. The van der Waals surface area contributed by atoms with Crippen LogP contribution in [0.3, 0.4) is 0 Å². The van der Waals surface area contributed by atoms with Crippen LogP contribution in [-0.4, -0.2) is 7.11 Å². The summed E-state index contributed by atoms with van der Waals surface area (Å²) in [6.45, 7) is 0. The fraction of sp³-hybridized carbons (Fsp3) is 0.538. The molecule has 2 N–H and O–H groups in total. The molecule has 2 rings (SSSR count). The lowest BCUT2D eigenvalue weighted by atomic mass is 9.80. The molecular weight excluding hydrogens is 302 g/mol. The van der Waals surface area contributed by atoms with Crippen molar-refractivity contribution in [2.45, 2.75) is 31.7 Å². The van der Waals surface area contributed by atoms with E-state index in [1.54, 1.807) is 7.11 Å². The third-order valence-electron chi connectivity index (χ3n) is 3.45. The van der Waals surface area contributed by atoms with Crippen LogP contribution in [0, 0.1) is 5.92 Å². The zero-order chi connectivity index (χ0) is 12.4. The van der Waals surface area contributed by atoms with Crippen LogP contribution in [0.25, 0.3) is 0 Å². The first-order chi connectivity index (χ1) is 8.11. The third kappa shape index (κ3) is 2.95. The number of hydrogen-bond acceptors (Lipinski definition) is 2.